The Labute approximate surface area is 126 Å². The Morgan fingerprint density at radius 3 is 2.48 bits per heavy atom. The van der Waals surface area contributed by atoms with Crippen LogP contribution in [0.15, 0.2) is 24.4 Å². The Morgan fingerprint density at radius 1 is 1.10 bits per heavy atom. The van der Waals surface area contributed by atoms with Gasteiger partial charge in [0.25, 0.3) is 0 Å². The second-order valence-electron chi connectivity index (χ2n) is 6.48. The Balaban J connectivity index is 1.96. The molecular formula is C18H25FN2. The van der Waals surface area contributed by atoms with E-state index in [1.807, 2.05) is 6.07 Å². The number of benzene rings is 1. The molecule has 21 heavy (non-hydrogen) atoms. The smallest absolute Gasteiger partial charge is 0.147 e. The normalized spacial score (nSPS) is 17.5. The highest BCUT2D eigenvalue weighted by molar-refractivity contribution is 5.84. The van der Waals surface area contributed by atoms with Gasteiger partial charge in [-0.2, -0.15) is 0 Å². The van der Waals surface area contributed by atoms with Crippen molar-refractivity contribution in [3.63, 3.8) is 0 Å². The Kier molecular flexibility index (Phi) is 4.29. The minimum atomic E-state index is -0.108. The molecule has 1 aromatic carbocycles. The molecule has 2 nitrogen and oxygen atoms in total. The second kappa shape index (κ2) is 6.18. The van der Waals surface area contributed by atoms with Gasteiger partial charge in [-0.3, -0.25) is 4.90 Å². The van der Waals surface area contributed by atoms with Crippen molar-refractivity contribution in [2.75, 3.05) is 13.1 Å². The molecule has 3 heteroatoms. The van der Waals surface area contributed by atoms with E-state index in [1.165, 1.54) is 44.3 Å². The first-order valence-electron chi connectivity index (χ1n) is 8.17. The lowest BCUT2D eigenvalue weighted by Gasteiger charge is -2.19. The predicted octanol–water partition coefficient (Wildman–Crippen LogP) is 4.74. The van der Waals surface area contributed by atoms with Gasteiger partial charge < -0.3 is 4.57 Å². The molecular weight excluding hydrogens is 263 g/mol. The number of nitrogens with zero attached hydrogens (tertiary/aromatic N) is 2. The Morgan fingerprint density at radius 2 is 1.81 bits per heavy atom. The highest BCUT2D eigenvalue weighted by Gasteiger charge is 2.17. The monoisotopic (exact) mass is 288 g/mol. The zero-order chi connectivity index (χ0) is 14.8. The van der Waals surface area contributed by atoms with Crippen molar-refractivity contribution in [3.8, 4) is 0 Å². The molecule has 0 bridgehead atoms. The molecule has 2 heterocycles. The molecule has 2 aromatic rings. The van der Waals surface area contributed by atoms with Crippen LogP contribution in [0.2, 0.25) is 0 Å². The van der Waals surface area contributed by atoms with E-state index in [1.54, 1.807) is 6.07 Å². The lowest BCUT2D eigenvalue weighted by Crippen LogP contribution is -2.23. The summed E-state index contributed by atoms with van der Waals surface area (Å²) in [5.41, 5.74) is 2.03. The standard InChI is InChI=1S/C18H25FN2/c1-14(2)21-13-15(12-20-10-5-3-4-6-11-20)16-8-7-9-17(19)18(16)21/h7-9,13-14H,3-6,10-12H2,1-2H3. The fourth-order valence-corrected chi connectivity index (χ4v) is 3.41. The molecule has 0 radical (unpaired) electrons. The van der Waals surface area contributed by atoms with Crippen LogP contribution in [0.1, 0.15) is 51.1 Å². The number of aromatic nitrogens is 1. The summed E-state index contributed by atoms with van der Waals surface area (Å²) in [4.78, 5) is 2.53. The van der Waals surface area contributed by atoms with Crippen LogP contribution in [0.25, 0.3) is 10.9 Å². The summed E-state index contributed by atoms with van der Waals surface area (Å²) in [6, 6.07) is 5.73. The van der Waals surface area contributed by atoms with E-state index < -0.39 is 0 Å². The maximum absolute atomic E-state index is 14.2. The lowest BCUT2D eigenvalue weighted by atomic mass is 10.1. The third kappa shape index (κ3) is 2.98. The van der Waals surface area contributed by atoms with Crippen LogP contribution in [0, 0.1) is 5.82 Å². The van der Waals surface area contributed by atoms with Crippen molar-refractivity contribution in [3.05, 3.63) is 35.8 Å². The molecule has 3 rings (SSSR count). The summed E-state index contributed by atoms with van der Waals surface area (Å²) >= 11 is 0. The third-order valence-corrected chi connectivity index (χ3v) is 4.53. The average molecular weight is 288 g/mol. The van der Waals surface area contributed by atoms with Crippen LogP contribution in [-0.2, 0) is 6.54 Å². The summed E-state index contributed by atoms with van der Waals surface area (Å²) < 4.78 is 16.3. The molecule has 1 aliphatic heterocycles. The molecule has 1 aromatic heterocycles. The summed E-state index contributed by atoms with van der Waals surface area (Å²) in [5, 5.41) is 1.08. The van der Waals surface area contributed by atoms with Crippen LogP contribution in [0.4, 0.5) is 4.39 Å². The number of fused-ring (bicyclic) bond motifs is 1. The number of para-hydroxylation sites is 1. The van der Waals surface area contributed by atoms with Crippen molar-refractivity contribution in [2.24, 2.45) is 0 Å². The van der Waals surface area contributed by atoms with E-state index in [2.05, 4.69) is 35.6 Å². The molecule has 1 fully saturated rings. The largest absolute Gasteiger partial charge is 0.342 e. The van der Waals surface area contributed by atoms with Gasteiger partial charge in [0.1, 0.15) is 5.82 Å². The number of likely N-dealkylation sites (tertiary alicyclic amines) is 1. The van der Waals surface area contributed by atoms with Crippen LogP contribution in [0.5, 0.6) is 0 Å². The van der Waals surface area contributed by atoms with Gasteiger partial charge in [-0.15, -0.1) is 0 Å². The first-order valence-corrected chi connectivity index (χ1v) is 8.17. The van der Waals surface area contributed by atoms with E-state index in [0.29, 0.717) is 0 Å². The SMILES string of the molecule is CC(C)n1cc(CN2CCCCCC2)c2cccc(F)c21. The summed E-state index contributed by atoms with van der Waals surface area (Å²) in [6.45, 7) is 7.51. The molecule has 1 aliphatic rings. The fraction of sp³-hybridized carbons (Fsp3) is 0.556. The Bertz CT molecular complexity index is 607. The van der Waals surface area contributed by atoms with Crippen molar-refractivity contribution in [2.45, 2.75) is 52.1 Å². The van der Waals surface area contributed by atoms with Gasteiger partial charge in [0, 0.05) is 24.2 Å². The minimum absolute atomic E-state index is 0.108. The predicted molar refractivity (Wildman–Crippen MR) is 86.0 cm³/mol. The topological polar surface area (TPSA) is 8.17 Å². The molecule has 0 atom stereocenters. The van der Waals surface area contributed by atoms with Gasteiger partial charge in [0.15, 0.2) is 0 Å². The third-order valence-electron chi connectivity index (χ3n) is 4.53. The van der Waals surface area contributed by atoms with Crippen LogP contribution >= 0.6 is 0 Å². The highest BCUT2D eigenvalue weighted by atomic mass is 19.1. The molecule has 0 N–H and O–H groups in total. The van der Waals surface area contributed by atoms with Gasteiger partial charge >= 0.3 is 0 Å². The minimum Gasteiger partial charge on any atom is -0.342 e. The van der Waals surface area contributed by atoms with Crippen LogP contribution in [-0.4, -0.2) is 22.6 Å². The van der Waals surface area contributed by atoms with Gasteiger partial charge in [0.2, 0.25) is 0 Å². The van der Waals surface area contributed by atoms with Crippen molar-refractivity contribution in [1.29, 1.82) is 0 Å². The van der Waals surface area contributed by atoms with E-state index in [4.69, 9.17) is 0 Å². The quantitative estimate of drug-likeness (QED) is 0.792. The fourth-order valence-electron chi connectivity index (χ4n) is 3.41. The number of halogens is 1. The number of rotatable bonds is 3. The molecule has 0 aliphatic carbocycles. The zero-order valence-electron chi connectivity index (χ0n) is 13.1. The molecule has 0 amide bonds. The van der Waals surface area contributed by atoms with Gasteiger partial charge in [-0.05, 0) is 51.4 Å². The van der Waals surface area contributed by atoms with E-state index in [9.17, 15) is 4.39 Å². The van der Waals surface area contributed by atoms with E-state index in [0.717, 1.165) is 17.4 Å². The number of hydrogen-bond donors (Lipinski definition) is 0. The van der Waals surface area contributed by atoms with Gasteiger partial charge in [0.05, 0.1) is 5.52 Å². The summed E-state index contributed by atoms with van der Waals surface area (Å²) in [6.07, 6.45) is 7.43. The van der Waals surface area contributed by atoms with Crippen molar-refractivity contribution < 1.29 is 4.39 Å². The van der Waals surface area contributed by atoms with Crippen molar-refractivity contribution in [1.82, 2.24) is 9.47 Å². The Hall–Kier alpha value is -1.35. The molecule has 0 saturated carbocycles. The highest BCUT2D eigenvalue weighted by Crippen LogP contribution is 2.28. The van der Waals surface area contributed by atoms with Gasteiger partial charge in [-0.1, -0.05) is 25.0 Å². The lowest BCUT2D eigenvalue weighted by molar-refractivity contribution is 0.277. The molecule has 1 saturated heterocycles. The molecule has 0 unspecified atom stereocenters. The second-order valence-corrected chi connectivity index (χ2v) is 6.48. The van der Waals surface area contributed by atoms with Crippen LogP contribution < -0.4 is 0 Å². The maximum atomic E-state index is 14.2. The summed E-state index contributed by atoms with van der Waals surface area (Å²) in [5.74, 6) is -0.108. The first kappa shape index (κ1) is 14.6. The van der Waals surface area contributed by atoms with Gasteiger partial charge in [-0.25, -0.2) is 4.39 Å². The van der Waals surface area contributed by atoms with E-state index in [-0.39, 0.29) is 11.9 Å². The zero-order valence-corrected chi connectivity index (χ0v) is 13.1. The van der Waals surface area contributed by atoms with Crippen molar-refractivity contribution >= 4 is 10.9 Å². The maximum Gasteiger partial charge on any atom is 0.147 e. The number of hydrogen-bond acceptors (Lipinski definition) is 1. The van der Waals surface area contributed by atoms with Crippen LogP contribution in [0.3, 0.4) is 0 Å². The molecule has 0 spiro atoms. The summed E-state index contributed by atoms with van der Waals surface area (Å²) in [7, 11) is 0. The average Bonchev–Trinajstić information content (AvgIpc) is 2.65. The first-order chi connectivity index (χ1) is 10.2. The van der Waals surface area contributed by atoms with E-state index >= 15 is 0 Å². The molecule has 114 valence electrons.